The van der Waals surface area contributed by atoms with Gasteiger partial charge in [-0.05, 0) is 23.3 Å². The van der Waals surface area contributed by atoms with Crippen molar-refractivity contribution in [3.63, 3.8) is 0 Å². The first-order valence-electron chi connectivity index (χ1n) is 6.81. The van der Waals surface area contributed by atoms with Crippen LogP contribution < -0.4 is 17.0 Å². The molecule has 3 nitrogen and oxygen atoms in total. The Morgan fingerprint density at radius 2 is 1.45 bits per heavy atom. The summed E-state index contributed by atoms with van der Waals surface area (Å²) in [5.74, 6) is 0.109. The third-order valence-corrected chi connectivity index (χ3v) is 3.33. The molecule has 0 saturated heterocycles. The van der Waals surface area contributed by atoms with E-state index in [1.54, 1.807) is 12.4 Å². The lowest BCUT2D eigenvalue weighted by molar-refractivity contribution is -0.683. The molecule has 2 aromatic heterocycles. The van der Waals surface area contributed by atoms with Crippen LogP contribution in [0.4, 0.5) is 0 Å². The Morgan fingerprint density at radius 3 is 2.09 bits per heavy atom. The first kappa shape index (κ1) is 15.9. The minimum absolute atomic E-state index is 0. The van der Waals surface area contributed by atoms with E-state index in [1.165, 1.54) is 0 Å². The first-order chi connectivity index (χ1) is 10.3. The van der Waals surface area contributed by atoms with E-state index in [2.05, 4.69) is 4.98 Å². The van der Waals surface area contributed by atoms with E-state index in [1.807, 2.05) is 71.6 Å². The number of benzene rings is 1. The Morgan fingerprint density at radius 1 is 0.864 bits per heavy atom. The number of halogens is 1. The molecule has 110 valence electrons. The zero-order valence-corrected chi connectivity index (χ0v) is 12.6. The molecule has 0 spiro atoms. The number of carbonyl (C=O) groups is 1. The highest BCUT2D eigenvalue weighted by Gasteiger charge is 2.11. The van der Waals surface area contributed by atoms with Crippen molar-refractivity contribution < 1.29 is 21.8 Å². The second-order valence-electron chi connectivity index (χ2n) is 4.78. The van der Waals surface area contributed by atoms with Crippen LogP contribution in [-0.4, -0.2) is 10.8 Å². The van der Waals surface area contributed by atoms with Gasteiger partial charge in [0, 0.05) is 30.1 Å². The van der Waals surface area contributed by atoms with Crippen LogP contribution in [0.2, 0.25) is 0 Å². The molecule has 0 saturated carbocycles. The van der Waals surface area contributed by atoms with Crippen LogP contribution in [0.1, 0.15) is 10.4 Å². The van der Waals surface area contributed by atoms with Gasteiger partial charge in [-0.2, -0.15) is 4.57 Å². The Hall–Kier alpha value is -2.52. The minimum atomic E-state index is 0. The lowest BCUT2D eigenvalue weighted by Gasteiger charge is -2.01. The molecule has 0 atom stereocenters. The average Bonchev–Trinajstić information content (AvgIpc) is 2.57. The summed E-state index contributed by atoms with van der Waals surface area (Å²) >= 11 is 0. The smallest absolute Gasteiger partial charge is 0.227 e. The predicted octanol–water partition coefficient (Wildman–Crippen LogP) is -0.0770. The molecule has 3 rings (SSSR count). The van der Waals surface area contributed by atoms with Crippen molar-refractivity contribution in [1.29, 1.82) is 0 Å². The summed E-state index contributed by atoms with van der Waals surface area (Å²) in [6.07, 6.45) is 7.40. The van der Waals surface area contributed by atoms with E-state index >= 15 is 0 Å². The number of carbonyl (C=O) groups excluding carboxylic acids is 1. The maximum Gasteiger partial charge on any atom is 0.227 e. The van der Waals surface area contributed by atoms with Crippen LogP contribution in [0.15, 0.2) is 79.4 Å². The summed E-state index contributed by atoms with van der Waals surface area (Å²) in [5, 5.41) is 0. The molecule has 0 amide bonds. The first-order valence-corrected chi connectivity index (χ1v) is 6.81. The fourth-order valence-electron chi connectivity index (χ4n) is 2.18. The van der Waals surface area contributed by atoms with Crippen LogP contribution in [0.5, 0.6) is 0 Å². The Balaban J connectivity index is 0.00000176. The molecular formula is C18H15ClN2O. The van der Waals surface area contributed by atoms with Crippen molar-refractivity contribution in [3.8, 4) is 11.1 Å². The Kier molecular flexibility index (Phi) is 5.39. The largest absolute Gasteiger partial charge is 1.00 e. The number of pyridine rings is 2. The van der Waals surface area contributed by atoms with Crippen molar-refractivity contribution in [2.75, 3.05) is 0 Å². The van der Waals surface area contributed by atoms with E-state index < -0.39 is 0 Å². The van der Waals surface area contributed by atoms with Gasteiger partial charge in [-0.3, -0.25) is 9.78 Å². The van der Waals surface area contributed by atoms with Gasteiger partial charge in [0.25, 0.3) is 0 Å². The van der Waals surface area contributed by atoms with Crippen LogP contribution in [0, 0.1) is 0 Å². The van der Waals surface area contributed by atoms with Gasteiger partial charge in [0.05, 0.1) is 0 Å². The van der Waals surface area contributed by atoms with Gasteiger partial charge in [0.1, 0.15) is 0 Å². The monoisotopic (exact) mass is 310 g/mol. The highest BCUT2D eigenvalue weighted by Crippen LogP contribution is 2.15. The number of Topliss-reactive ketones (excluding diaryl/α,β-unsaturated/α-hetero) is 1. The van der Waals surface area contributed by atoms with Crippen molar-refractivity contribution in [2.24, 2.45) is 0 Å². The molecule has 0 aliphatic carbocycles. The van der Waals surface area contributed by atoms with Crippen molar-refractivity contribution in [2.45, 2.75) is 6.54 Å². The van der Waals surface area contributed by atoms with Crippen LogP contribution >= 0.6 is 0 Å². The average molecular weight is 311 g/mol. The molecule has 0 fully saturated rings. The Bertz CT molecular complexity index is 728. The van der Waals surface area contributed by atoms with Gasteiger partial charge in [-0.1, -0.05) is 30.3 Å². The summed E-state index contributed by atoms with van der Waals surface area (Å²) in [6.45, 7) is 0.348. The zero-order chi connectivity index (χ0) is 14.5. The second-order valence-corrected chi connectivity index (χ2v) is 4.78. The zero-order valence-electron chi connectivity index (χ0n) is 11.9. The third-order valence-electron chi connectivity index (χ3n) is 3.33. The number of aromatic nitrogens is 2. The Labute approximate surface area is 135 Å². The van der Waals surface area contributed by atoms with Gasteiger partial charge < -0.3 is 12.4 Å². The predicted molar refractivity (Wildman–Crippen MR) is 80.6 cm³/mol. The van der Waals surface area contributed by atoms with Crippen molar-refractivity contribution in [3.05, 3.63) is 84.9 Å². The van der Waals surface area contributed by atoms with Gasteiger partial charge in [-0.25, -0.2) is 0 Å². The summed E-state index contributed by atoms with van der Waals surface area (Å²) in [6, 6.07) is 17.3. The highest BCUT2D eigenvalue weighted by atomic mass is 35.5. The SMILES string of the molecule is O=C(C[n+]1ccc(-c2ccncc2)cc1)c1ccccc1.[Cl-]. The molecule has 22 heavy (non-hydrogen) atoms. The second kappa shape index (κ2) is 7.48. The molecule has 0 N–H and O–H groups in total. The third kappa shape index (κ3) is 3.77. The summed E-state index contributed by atoms with van der Waals surface area (Å²) in [5.41, 5.74) is 2.97. The number of nitrogens with zero attached hydrogens (tertiary/aromatic N) is 2. The summed E-state index contributed by atoms with van der Waals surface area (Å²) in [4.78, 5) is 16.2. The minimum Gasteiger partial charge on any atom is -1.00 e. The molecule has 4 heteroatoms. The quantitative estimate of drug-likeness (QED) is 0.499. The topological polar surface area (TPSA) is 33.8 Å². The van der Waals surface area contributed by atoms with Crippen molar-refractivity contribution >= 4 is 5.78 Å². The standard InChI is InChI=1S/C18H15N2O.ClH/c21-18(17-4-2-1-3-5-17)14-20-12-8-16(9-13-20)15-6-10-19-11-7-15;/h1-13H,14H2;1H/q+1;/p-1. The molecule has 2 heterocycles. The van der Waals surface area contributed by atoms with Crippen LogP contribution in [0.25, 0.3) is 11.1 Å². The molecule has 0 radical (unpaired) electrons. The fraction of sp³-hybridized carbons (Fsp3) is 0.0556. The molecule has 3 aromatic rings. The molecule has 1 aromatic carbocycles. The molecule has 0 aliphatic heterocycles. The molecular weight excluding hydrogens is 296 g/mol. The highest BCUT2D eigenvalue weighted by molar-refractivity contribution is 5.94. The van der Waals surface area contributed by atoms with E-state index in [4.69, 9.17) is 0 Å². The van der Waals surface area contributed by atoms with Gasteiger partial charge >= 0.3 is 0 Å². The summed E-state index contributed by atoms with van der Waals surface area (Å²) in [7, 11) is 0. The summed E-state index contributed by atoms with van der Waals surface area (Å²) < 4.78 is 1.89. The van der Waals surface area contributed by atoms with Crippen molar-refractivity contribution in [1.82, 2.24) is 4.98 Å². The van der Waals surface area contributed by atoms with Gasteiger partial charge in [0.15, 0.2) is 12.4 Å². The maximum absolute atomic E-state index is 12.1. The maximum atomic E-state index is 12.1. The fourth-order valence-corrected chi connectivity index (χ4v) is 2.18. The molecule has 0 aliphatic rings. The molecule has 0 bridgehead atoms. The number of ketones is 1. The van der Waals surface area contributed by atoms with Gasteiger partial charge in [-0.15, -0.1) is 0 Å². The lowest BCUT2D eigenvalue weighted by atomic mass is 10.1. The van der Waals surface area contributed by atoms with E-state index in [9.17, 15) is 4.79 Å². The number of hydrogen-bond donors (Lipinski definition) is 0. The van der Waals surface area contributed by atoms with Gasteiger partial charge in [0.2, 0.25) is 12.3 Å². The van der Waals surface area contributed by atoms with Crippen LogP contribution in [-0.2, 0) is 6.54 Å². The number of hydrogen-bond acceptors (Lipinski definition) is 2. The van der Waals surface area contributed by atoms with E-state index in [0.717, 1.165) is 16.7 Å². The van der Waals surface area contributed by atoms with E-state index in [0.29, 0.717) is 6.54 Å². The van der Waals surface area contributed by atoms with Crippen LogP contribution in [0.3, 0.4) is 0 Å². The lowest BCUT2D eigenvalue weighted by Crippen LogP contribution is -3.00. The van der Waals surface area contributed by atoms with E-state index in [-0.39, 0.29) is 18.2 Å². The normalized spacial score (nSPS) is 9.82. The molecule has 0 unspecified atom stereocenters. The number of rotatable bonds is 4.